The van der Waals surface area contributed by atoms with E-state index in [1.165, 1.54) is 0 Å². The Labute approximate surface area is 84.7 Å². The maximum Gasteiger partial charge on any atom is 0.234 e. The van der Waals surface area contributed by atoms with E-state index in [0.29, 0.717) is 5.92 Å². The maximum atomic E-state index is 11.2. The Kier molecular flexibility index (Phi) is 4.41. The van der Waals surface area contributed by atoms with Crippen LogP contribution in [0.15, 0.2) is 0 Å². The molecule has 1 amide bonds. The van der Waals surface area contributed by atoms with Crippen LogP contribution in [0.3, 0.4) is 0 Å². The zero-order chi connectivity index (χ0) is 10.4. The quantitative estimate of drug-likeness (QED) is 0.685. The lowest BCUT2D eigenvalue weighted by Crippen LogP contribution is -2.50. The highest BCUT2D eigenvalue weighted by Crippen LogP contribution is 2.16. The smallest absolute Gasteiger partial charge is 0.234 e. The molecule has 2 N–H and O–H groups in total. The van der Waals surface area contributed by atoms with Gasteiger partial charge < -0.3 is 10.6 Å². The number of nitrogens with one attached hydrogen (secondary N) is 2. The number of amides is 1. The van der Waals surface area contributed by atoms with Crippen molar-refractivity contribution in [3.63, 3.8) is 0 Å². The predicted molar refractivity (Wildman–Crippen MR) is 53.4 cm³/mol. The first-order valence-electron chi connectivity index (χ1n) is 5.15. The van der Waals surface area contributed by atoms with Crippen LogP contribution in [0.2, 0.25) is 0 Å². The molecule has 1 rings (SSSR count). The Morgan fingerprint density at radius 3 is 3.14 bits per heavy atom. The highest BCUT2D eigenvalue weighted by molar-refractivity contribution is 5.78. The van der Waals surface area contributed by atoms with Gasteiger partial charge in [-0.1, -0.05) is 13.3 Å². The summed E-state index contributed by atoms with van der Waals surface area (Å²) in [5, 5.41) is 14.5. The van der Waals surface area contributed by atoms with Crippen molar-refractivity contribution in [2.45, 2.75) is 32.2 Å². The van der Waals surface area contributed by atoms with Crippen LogP contribution in [-0.2, 0) is 4.79 Å². The summed E-state index contributed by atoms with van der Waals surface area (Å²) in [6, 6.07) is 2.06. The first-order chi connectivity index (χ1) is 6.77. The van der Waals surface area contributed by atoms with Crippen LogP contribution in [-0.4, -0.2) is 25.0 Å². The summed E-state index contributed by atoms with van der Waals surface area (Å²) in [6.45, 7) is 4.00. The third-order valence-electron chi connectivity index (χ3n) is 2.74. The van der Waals surface area contributed by atoms with E-state index in [1.807, 2.05) is 6.07 Å². The van der Waals surface area contributed by atoms with Crippen LogP contribution < -0.4 is 10.6 Å². The first kappa shape index (κ1) is 11.0. The van der Waals surface area contributed by atoms with Crippen molar-refractivity contribution in [3.8, 4) is 6.07 Å². The molecular weight excluding hydrogens is 178 g/mol. The van der Waals surface area contributed by atoms with Crippen molar-refractivity contribution in [3.05, 3.63) is 0 Å². The number of rotatable bonds is 3. The fourth-order valence-corrected chi connectivity index (χ4v) is 1.90. The van der Waals surface area contributed by atoms with Gasteiger partial charge in [0.05, 0.1) is 6.07 Å². The molecule has 1 heterocycles. The Morgan fingerprint density at radius 1 is 1.71 bits per heavy atom. The van der Waals surface area contributed by atoms with Crippen molar-refractivity contribution >= 4 is 5.91 Å². The SMILES string of the molecule is CCC1CCNCC1NC(=O)CC#N. The summed E-state index contributed by atoms with van der Waals surface area (Å²) < 4.78 is 0. The van der Waals surface area contributed by atoms with Crippen LogP contribution in [0.25, 0.3) is 0 Å². The molecule has 0 spiro atoms. The summed E-state index contributed by atoms with van der Waals surface area (Å²) >= 11 is 0. The molecule has 2 atom stereocenters. The molecule has 1 fully saturated rings. The molecule has 14 heavy (non-hydrogen) atoms. The Bertz CT molecular complexity index is 234. The highest BCUT2D eigenvalue weighted by Gasteiger charge is 2.24. The molecule has 78 valence electrons. The summed E-state index contributed by atoms with van der Waals surface area (Å²) in [4.78, 5) is 11.2. The normalized spacial score (nSPS) is 26.6. The number of hydrogen-bond donors (Lipinski definition) is 2. The Morgan fingerprint density at radius 2 is 2.50 bits per heavy atom. The molecule has 1 aliphatic heterocycles. The van der Waals surface area contributed by atoms with Crippen LogP contribution in [0.5, 0.6) is 0 Å². The standard InChI is InChI=1S/C10H17N3O/c1-2-8-4-6-12-7-9(8)13-10(14)3-5-11/h8-9,12H,2-4,6-7H2,1H3,(H,13,14). The second kappa shape index (κ2) is 5.61. The summed E-state index contributed by atoms with van der Waals surface area (Å²) in [7, 11) is 0. The molecule has 0 aromatic carbocycles. The molecule has 0 radical (unpaired) electrons. The summed E-state index contributed by atoms with van der Waals surface area (Å²) in [6.07, 6.45) is 2.15. The molecule has 4 nitrogen and oxygen atoms in total. The van der Waals surface area contributed by atoms with Gasteiger partial charge in [0.25, 0.3) is 0 Å². The zero-order valence-electron chi connectivity index (χ0n) is 8.55. The van der Waals surface area contributed by atoms with E-state index in [2.05, 4.69) is 17.6 Å². The minimum absolute atomic E-state index is 0.0348. The molecular formula is C10H17N3O. The van der Waals surface area contributed by atoms with Crippen molar-refractivity contribution in [1.82, 2.24) is 10.6 Å². The lowest BCUT2D eigenvalue weighted by molar-refractivity contribution is -0.121. The molecule has 0 aromatic heterocycles. The number of nitriles is 1. The van der Waals surface area contributed by atoms with E-state index in [1.54, 1.807) is 0 Å². The fourth-order valence-electron chi connectivity index (χ4n) is 1.90. The van der Waals surface area contributed by atoms with Gasteiger partial charge in [-0.3, -0.25) is 4.79 Å². The molecule has 0 saturated carbocycles. The summed E-state index contributed by atoms with van der Waals surface area (Å²) in [5.41, 5.74) is 0. The molecule has 4 heteroatoms. The topological polar surface area (TPSA) is 64.9 Å². The van der Waals surface area contributed by atoms with Crippen molar-refractivity contribution in [2.75, 3.05) is 13.1 Å². The molecule has 2 unspecified atom stereocenters. The van der Waals surface area contributed by atoms with E-state index < -0.39 is 0 Å². The van der Waals surface area contributed by atoms with Crippen LogP contribution in [0.4, 0.5) is 0 Å². The molecule has 0 aliphatic carbocycles. The zero-order valence-corrected chi connectivity index (χ0v) is 8.55. The van der Waals surface area contributed by atoms with E-state index in [9.17, 15) is 4.79 Å². The maximum absolute atomic E-state index is 11.2. The second-order valence-corrected chi connectivity index (χ2v) is 3.67. The van der Waals surface area contributed by atoms with Crippen LogP contribution in [0.1, 0.15) is 26.2 Å². The van der Waals surface area contributed by atoms with E-state index in [0.717, 1.165) is 25.9 Å². The van der Waals surface area contributed by atoms with Gasteiger partial charge in [-0.2, -0.15) is 5.26 Å². The van der Waals surface area contributed by atoms with Gasteiger partial charge in [0, 0.05) is 12.6 Å². The molecule has 0 bridgehead atoms. The van der Waals surface area contributed by atoms with Gasteiger partial charge >= 0.3 is 0 Å². The largest absolute Gasteiger partial charge is 0.351 e. The minimum Gasteiger partial charge on any atom is -0.351 e. The van der Waals surface area contributed by atoms with Gasteiger partial charge in [0.15, 0.2) is 0 Å². The van der Waals surface area contributed by atoms with Crippen molar-refractivity contribution in [1.29, 1.82) is 5.26 Å². The lowest BCUT2D eigenvalue weighted by atomic mass is 9.90. The number of carbonyl (C=O) groups excluding carboxylic acids is 1. The van der Waals surface area contributed by atoms with E-state index in [4.69, 9.17) is 5.26 Å². The van der Waals surface area contributed by atoms with Gasteiger partial charge in [-0.25, -0.2) is 0 Å². The van der Waals surface area contributed by atoms with Gasteiger partial charge in [0.1, 0.15) is 6.42 Å². The Hall–Kier alpha value is -1.08. The average Bonchev–Trinajstić information content (AvgIpc) is 2.19. The minimum atomic E-state index is -0.153. The van der Waals surface area contributed by atoms with Crippen molar-refractivity contribution in [2.24, 2.45) is 5.92 Å². The number of carbonyl (C=O) groups is 1. The summed E-state index contributed by atoms with van der Waals surface area (Å²) in [5.74, 6) is 0.401. The second-order valence-electron chi connectivity index (χ2n) is 3.67. The third kappa shape index (κ3) is 3.00. The van der Waals surface area contributed by atoms with Crippen molar-refractivity contribution < 1.29 is 4.79 Å². The first-order valence-corrected chi connectivity index (χ1v) is 5.15. The highest BCUT2D eigenvalue weighted by atomic mass is 16.1. The molecule has 0 aromatic rings. The van der Waals surface area contributed by atoms with Gasteiger partial charge in [0.2, 0.25) is 5.91 Å². The van der Waals surface area contributed by atoms with Gasteiger partial charge in [-0.15, -0.1) is 0 Å². The molecule has 1 aliphatic rings. The average molecular weight is 195 g/mol. The number of piperidine rings is 1. The van der Waals surface area contributed by atoms with E-state index in [-0.39, 0.29) is 18.4 Å². The number of hydrogen-bond acceptors (Lipinski definition) is 3. The Balaban J connectivity index is 2.40. The van der Waals surface area contributed by atoms with Crippen LogP contribution >= 0.6 is 0 Å². The predicted octanol–water partition coefficient (Wildman–Crippen LogP) is 0.404. The van der Waals surface area contributed by atoms with Gasteiger partial charge in [-0.05, 0) is 18.9 Å². The fraction of sp³-hybridized carbons (Fsp3) is 0.800. The third-order valence-corrected chi connectivity index (χ3v) is 2.74. The van der Waals surface area contributed by atoms with E-state index >= 15 is 0 Å². The molecule has 1 saturated heterocycles. The monoisotopic (exact) mass is 195 g/mol. The lowest BCUT2D eigenvalue weighted by Gasteiger charge is -2.31. The number of nitrogens with zero attached hydrogens (tertiary/aromatic N) is 1. The van der Waals surface area contributed by atoms with Crippen LogP contribution in [0, 0.1) is 17.2 Å².